The van der Waals surface area contributed by atoms with Crippen LogP contribution in [0.4, 0.5) is 0 Å². The van der Waals surface area contributed by atoms with Crippen molar-refractivity contribution < 1.29 is 4.79 Å². The summed E-state index contributed by atoms with van der Waals surface area (Å²) in [5, 5.41) is 2.96. The summed E-state index contributed by atoms with van der Waals surface area (Å²) in [5.74, 6) is 1.40. The van der Waals surface area contributed by atoms with Gasteiger partial charge < -0.3 is 4.90 Å². The normalized spacial score (nSPS) is 17.9. The Balaban J connectivity index is 1.64. The molecule has 2 aromatic heterocycles. The van der Waals surface area contributed by atoms with Crippen LogP contribution < -0.4 is 0 Å². The first-order valence-corrected chi connectivity index (χ1v) is 9.28. The van der Waals surface area contributed by atoms with Gasteiger partial charge in [-0.25, -0.2) is 9.97 Å². The van der Waals surface area contributed by atoms with Gasteiger partial charge in [-0.05, 0) is 44.2 Å². The molecule has 0 radical (unpaired) electrons. The summed E-state index contributed by atoms with van der Waals surface area (Å²) in [5.41, 5.74) is 0.945. The topological polar surface area (TPSA) is 46.1 Å². The molecule has 6 heteroatoms. The summed E-state index contributed by atoms with van der Waals surface area (Å²) < 4.78 is 0. The van der Waals surface area contributed by atoms with E-state index < -0.39 is 0 Å². The quantitative estimate of drug-likeness (QED) is 0.633. The van der Waals surface area contributed by atoms with Gasteiger partial charge in [0.15, 0.2) is 0 Å². The number of hydrogen-bond donors (Lipinski definition) is 0. The molecule has 3 heterocycles. The molecular formula is C16H19N3OS2. The second-order valence-corrected chi connectivity index (χ2v) is 7.42. The standard InChI is InChI=1S/C16H19N3OS2/c1-11-9-15(18-12(2)17-11)22-10-16(20)19-7-3-5-13(19)14-6-4-8-21-14/h4,6,8-9,13H,3,5,7,10H2,1-2H3. The maximum Gasteiger partial charge on any atom is 0.233 e. The minimum atomic E-state index is 0.204. The molecular weight excluding hydrogens is 314 g/mol. The molecule has 1 unspecified atom stereocenters. The van der Waals surface area contributed by atoms with Crippen molar-refractivity contribution in [1.29, 1.82) is 0 Å². The van der Waals surface area contributed by atoms with E-state index in [2.05, 4.69) is 27.5 Å². The van der Waals surface area contributed by atoms with E-state index in [-0.39, 0.29) is 11.9 Å². The number of carbonyl (C=O) groups excluding carboxylic acids is 1. The lowest BCUT2D eigenvalue weighted by atomic mass is 10.2. The van der Waals surface area contributed by atoms with E-state index in [1.807, 2.05) is 24.8 Å². The maximum absolute atomic E-state index is 12.6. The molecule has 0 aliphatic carbocycles. The lowest BCUT2D eigenvalue weighted by molar-refractivity contribution is -0.129. The molecule has 1 saturated heterocycles. The fourth-order valence-electron chi connectivity index (χ4n) is 2.82. The molecule has 22 heavy (non-hydrogen) atoms. The third-order valence-electron chi connectivity index (χ3n) is 3.73. The predicted octanol–water partition coefficient (Wildman–Crippen LogP) is 3.61. The zero-order valence-electron chi connectivity index (χ0n) is 12.8. The smallest absolute Gasteiger partial charge is 0.233 e. The van der Waals surface area contributed by atoms with Crippen molar-refractivity contribution in [2.45, 2.75) is 37.8 Å². The number of carbonyl (C=O) groups is 1. The Morgan fingerprint density at radius 2 is 2.32 bits per heavy atom. The van der Waals surface area contributed by atoms with E-state index in [4.69, 9.17) is 0 Å². The molecule has 0 spiro atoms. The van der Waals surface area contributed by atoms with Gasteiger partial charge in [0.1, 0.15) is 10.9 Å². The highest BCUT2D eigenvalue weighted by molar-refractivity contribution is 7.99. The van der Waals surface area contributed by atoms with Gasteiger partial charge in [-0.15, -0.1) is 11.3 Å². The molecule has 0 saturated carbocycles. The second kappa shape index (κ2) is 6.79. The Bertz CT molecular complexity index is 637. The number of aromatic nitrogens is 2. The minimum absolute atomic E-state index is 0.204. The van der Waals surface area contributed by atoms with Gasteiger partial charge in [0.2, 0.25) is 5.91 Å². The van der Waals surface area contributed by atoms with Crippen LogP contribution in [0.5, 0.6) is 0 Å². The van der Waals surface area contributed by atoms with E-state index in [1.54, 1.807) is 11.3 Å². The van der Waals surface area contributed by atoms with Crippen molar-refractivity contribution in [3.05, 3.63) is 40.0 Å². The van der Waals surface area contributed by atoms with Gasteiger partial charge in [0.25, 0.3) is 0 Å². The summed E-state index contributed by atoms with van der Waals surface area (Å²) in [6.45, 7) is 4.70. The Kier molecular flexibility index (Phi) is 4.78. The Morgan fingerprint density at radius 1 is 1.45 bits per heavy atom. The van der Waals surface area contributed by atoms with Gasteiger partial charge in [-0.2, -0.15) is 0 Å². The highest BCUT2D eigenvalue weighted by Crippen LogP contribution is 2.35. The van der Waals surface area contributed by atoms with Gasteiger partial charge in [-0.3, -0.25) is 4.79 Å². The molecule has 116 valence electrons. The number of aryl methyl sites for hydroxylation is 2. The number of amides is 1. The van der Waals surface area contributed by atoms with Gasteiger partial charge in [0.05, 0.1) is 11.8 Å². The molecule has 3 rings (SSSR count). The number of thioether (sulfide) groups is 1. The average Bonchev–Trinajstić information content (AvgIpc) is 3.13. The molecule has 1 atom stereocenters. The lowest BCUT2D eigenvalue weighted by Crippen LogP contribution is -2.31. The zero-order chi connectivity index (χ0) is 15.5. The fraction of sp³-hybridized carbons (Fsp3) is 0.438. The first-order chi connectivity index (χ1) is 10.6. The Labute approximate surface area is 139 Å². The summed E-state index contributed by atoms with van der Waals surface area (Å²) in [7, 11) is 0. The molecule has 2 aromatic rings. The van der Waals surface area contributed by atoms with Crippen LogP contribution in [0.1, 0.15) is 35.3 Å². The van der Waals surface area contributed by atoms with Gasteiger partial charge in [-0.1, -0.05) is 17.8 Å². The second-order valence-electron chi connectivity index (χ2n) is 5.44. The highest BCUT2D eigenvalue weighted by atomic mass is 32.2. The van der Waals surface area contributed by atoms with Crippen molar-refractivity contribution in [2.75, 3.05) is 12.3 Å². The first-order valence-electron chi connectivity index (χ1n) is 7.41. The zero-order valence-corrected chi connectivity index (χ0v) is 14.4. The lowest BCUT2D eigenvalue weighted by Gasteiger charge is -2.23. The van der Waals surface area contributed by atoms with Crippen molar-refractivity contribution in [3.8, 4) is 0 Å². The van der Waals surface area contributed by atoms with E-state index >= 15 is 0 Å². The number of hydrogen-bond acceptors (Lipinski definition) is 5. The van der Waals surface area contributed by atoms with Crippen LogP contribution in [-0.2, 0) is 4.79 Å². The third kappa shape index (κ3) is 3.50. The molecule has 0 bridgehead atoms. The molecule has 1 aliphatic heterocycles. The SMILES string of the molecule is Cc1cc(SCC(=O)N2CCCC2c2cccs2)nc(C)n1. The Hall–Kier alpha value is -1.40. The predicted molar refractivity (Wildman–Crippen MR) is 90.2 cm³/mol. The molecule has 4 nitrogen and oxygen atoms in total. The summed E-state index contributed by atoms with van der Waals surface area (Å²) in [6.07, 6.45) is 2.16. The minimum Gasteiger partial charge on any atom is -0.334 e. The summed E-state index contributed by atoms with van der Waals surface area (Å²) in [4.78, 5) is 24.5. The van der Waals surface area contributed by atoms with Crippen LogP contribution in [0, 0.1) is 13.8 Å². The molecule has 0 N–H and O–H groups in total. The molecule has 1 aliphatic rings. The van der Waals surface area contributed by atoms with E-state index in [9.17, 15) is 4.79 Å². The van der Waals surface area contributed by atoms with E-state index in [0.717, 1.165) is 35.9 Å². The van der Waals surface area contributed by atoms with Crippen LogP contribution in [0.25, 0.3) is 0 Å². The fourth-order valence-corrected chi connectivity index (χ4v) is 4.58. The van der Waals surface area contributed by atoms with E-state index in [1.165, 1.54) is 16.6 Å². The van der Waals surface area contributed by atoms with Crippen molar-refractivity contribution in [1.82, 2.24) is 14.9 Å². The van der Waals surface area contributed by atoms with E-state index in [0.29, 0.717) is 5.75 Å². The van der Waals surface area contributed by atoms with Gasteiger partial charge >= 0.3 is 0 Å². The molecule has 0 aromatic carbocycles. The third-order valence-corrected chi connectivity index (χ3v) is 5.60. The largest absolute Gasteiger partial charge is 0.334 e. The number of nitrogens with zero attached hydrogens (tertiary/aromatic N) is 3. The van der Waals surface area contributed by atoms with Crippen LogP contribution in [0.3, 0.4) is 0 Å². The number of thiophene rings is 1. The maximum atomic E-state index is 12.6. The van der Waals surface area contributed by atoms with Crippen LogP contribution in [-0.4, -0.2) is 33.1 Å². The average molecular weight is 333 g/mol. The van der Waals surface area contributed by atoms with Crippen molar-refractivity contribution in [3.63, 3.8) is 0 Å². The van der Waals surface area contributed by atoms with Crippen molar-refractivity contribution in [2.24, 2.45) is 0 Å². The number of rotatable bonds is 4. The summed E-state index contributed by atoms with van der Waals surface area (Å²) >= 11 is 3.24. The Morgan fingerprint density at radius 3 is 3.05 bits per heavy atom. The highest BCUT2D eigenvalue weighted by Gasteiger charge is 2.30. The van der Waals surface area contributed by atoms with Crippen LogP contribution in [0.15, 0.2) is 28.6 Å². The number of likely N-dealkylation sites (tertiary alicyclic amines) is 1. The van der Waals surface area contributed by atoms with Crippen molar-refractivity contribution >= 4 is 29.0 Å². The molecule has 1 amide bonds. The van der Waals surface area contributed by atoms with Gasteiger partial charge in [0, 0.05) is 17.1 Å². The summed E-state index contributed by atoms with van der Waals surface area (Å²) in [6, 6.07) is 6.39. The first kappa shape index (κ1) is 15.5. The monoisotopic (exact) mass is 333 g/mol. The molecule has 1 fully saturated rings. The van der Waals surface area contributed by atoms with Crippen LogP contribution >= 0.6 is 23.1 Å². The van der Waals surface area contributed by atoms with Crippen LogP contribution in [0.2, 0.25) is 0 Å².